The van der Waals surface area contributed by atoms with Gasteiger partial charge >= 0.3 is 0 Å². The zero-order chi connectivity index (χ0) is 35.7. The van der Waals surface area contributed by atoms with Crippen LogP contribution >= 0.6 is 0 Å². The Bertz CT molecular complexity index is 3220. The Balaban J connectivity index is 1.14. The fourth-order valence-electron chi connectivity index (χ4n) is 9.74. The molecule has 0 bridgehead atoms. The minimum atomic E-state index is -0.159. The predicted octanol–water partition coefficient (Wildman–Crippen LogP) is 13.2. The summed E-state index contributed by atoms with van der Waals surface area (Å²) in [6.07, 6.45) is 0. The number of aromatic nitrogens is 3. The van der Waals surface area contributed by atoms with E-state index in [4.69, 9.17) is 9.97 Å². The van der Waals surface area contributed by atoms with E-state index in [9.17, 15) is 0 Å². The van der Waals surface area contributed by atoms with E-state index in [0.29, 0.717) is 0 Å². The summed E-state index contributed by atoms with van der Waals surface area (Å²) in [5.74, 6) is 0.742. The van der Waals surface area contributed by atoms with Crippen molar-refractivity contribution in [3.05, 3.63) is 175 Å². The van der Waals surface area contributed by atoms with Gasteiger partial charge in [0.05, 0.1) is 28.1 Å². The van der Waals surface area contributed by atoms with Crippen LogP contribution in [0.3, 0.4) is 0 Å². The lowest BCUT2D eigenvalue weighted by atomic mass is 9.80. The van der Waals surface area contributed by atoms with Crippen LogP contribution in [-0.2, 0) is 5.41 Å². The zero-order valence-electron chi connectivity index (χ0n) is 29.9. The number of rotatable bonds is 3. The molecule has 0 fully saturated rings. The third-order valence-electron chi connectivity index (χ3n) is 12.1. The van der Waals surface area contributed by atoms with Gasteiger partial charge in [-0.1, -0.05) is 153 Å². The number of hydrogen-bond donors (Lipinski definition) is 0. The molecule has 12 rings (SSSR count). The molecule has 0 atom stereocenters. The smallest absolute Gasteiger partial charge is 0.160 e. The van der Waals surface area contributed by atoms with Gasteiger partial charge in [0.15, 0.2) is 5.82 Å². The fraction of sp³-hybridized carbons (Fsp3) is 0.0588. The second-order valence-electron chi connectivity index (χ2n) is 15.3. The molecular formula is C51H33N3. The Morgan fingerprint density at radius 3 is 1.98 bits per heavy atom. The van der Waals surface area contributed by atoms with E-state index in [-0.39, 0.29) is 5.41 Å². The van der Waals surface area contributed by atoms with Gasteiger partial charge in [-0.05, 0) is 62.9 Å². The molecule has 2 aromatic heterocycles. The molecule has 0 radical (unpaired) electrons. The summed E-state index contributed by atoms with van der Waals surface area (Å²) in [4.78, 5) is 10.6. The number of para-hydroxylation sites is 1. The summed E-state index contributed by atoms with van der Waals surface area (Å²) in [7, 11) is 0. The van der Waals surface area contributed by atoms with Crippen molar-refractivity contribution in [2.75, 3.05) is 0 Å². The second kappa shape index (κ2) is 10.6. The normalized spacial score (nSPS) is 13.5. The first kappa shape index (κ1) is 29.7. The van der Waals surface area contributed by atoms with Crippen LogP contribution in [0.25, 0.3) is 105 Å². The van der Waals surface area contributed by atoms with Crippen molar-refractivity contribution >= 4 is 43.4 Å². The molecule has 3 nitrogen and oxygen atoms in total. The second-order valence-corrected chi connectivity index (χ2v) is 15.3. The van der Waals surface area contributed by atoms with E-state index in [0.717, 1.165) is 39.5 Å². The average molecular weight is 688 g/mol. The molecule has 8 aromatic carbocycles. The minimum absolute atomic E-state index is 0.159. The van der Waals surface area contributed by atoms with E-state index in [1.165, 1.54) is 76.9 Å². The van der Waals surface area contributed by atoms with Crippen molar-refractivity contribution < 1.29 is 0 Å². The largest absolute Gasteiger partial charge is 0.309 e. The van der Waals surface area contributed by atoms with Crippen LogP contribution in [-0.4, -0.2) is 14.5 Å². The Kier molecular flexibility index (Phi) is 5.84. The van der Waals surface area contributed by atoms with Crippen molar-refractivity contribution in [3.8, 4) is 61.8 Å². The Morgan fingerprint density at radius 1 is 0.463 bits per heavy atom. The average Bonchev–Trinajstić information content (AvgIpc) is 3.81. The highest BCUT2D eigenvalue weighted by atomic mass is 15.0. The van der Waals surface area contributed by atoms with Gasteiger partial charge < -0.3 is 4.57 Å². The molecule has 0 amide bonds. The van der Waals surface area contributed by atoms with Gasteiger partial charge in [0, 0.05) is 49.2 Å². The molecule has 3 heteroatoms. The molecule has 0 N–H and O–H groups in total. The van der Waals surface area contributed by atoms with Crippen LogP contribution in [0.15, 0.2) is 164 Å². The SMILES string of the molecule is CC1(C)c2cc3c(cc2-c2ccc4ccccc4c21)c1ccccc1n3-c1ccc2c3c(cccc13)-c1c(-c3ccccc3)nc(-c3ccccc3)nc1-2. The first-order valence-electron chi connectivity index (χ1n) is 18.8. The lowest BCUT2D eigenvalue weighted by Gasteiger charge is -2.23. The van der Waals surface area contributed by atoms with Crippen LogP contribution < -0.4 is 0 Å². The van der Waals surface area contributed by atoms with Gasteiger partial charge in [0.2, 0.25) is 0 Å². The van der Waals surface area contributed by atoms with Crippen molar-refractivity contribution in [3.63, 3.8) is 0 Å². The van der Waals surface area contributed by atoms with Gasteiger partial charge in [-0.3, -0.25) is 0 Å². The minimum Gasteiger partial charge on any atom is -0.309 e. The van der Waals surface area contributed by atoms with Gasteiger partial charge in [0.25, 0.3) is 0 Å². The maximum absolute atomic E-state index is 5.32. The van der Waals surface area contributed by atoms with Crippen molar-refractivity contribution in [2.24, 2.45) is 0 Å². The summed E-state index contributed by atoms with van der Waals surface area (Å²) in [5.41, 5.74) is 16.4. The third kappa shape index (κ3) is 3.85. The van der Waals surface area contributed by atoms with Crippen LogP contribution in [0, 0.1) is 0 Å². The lowest BCUT2D eigenvalue weighted by molar-refractivity contribution is 0.667. The van der Waals surface area contributed by atoms with Gasteiger partial charge in [-0.15, -0.1) is 0 Å². The first-order valence-corrected chi connectivity index (χ1v) is 18.8. The Morgan fingerprint density at radius 2 is 1.15 bits per heavy atom. The molecule has 54 heavy (non-hydrogen) atoms. The molecule has 2 aliphatic carbocycles. The van der Waals surface area contributed by atoms with Crippen LogP contribution in [0.2, 0.25) is 0 Å². The van der Waals surface area contributed by atoms with Gasteiger partial charge in [-0.2, -0.15) is 0 Å². The third-order valence-corrected chi connectivity index (χ3v) is 12.1. The summed E-state index contributed by atoms with van der Waals surface area (Å²) in [5, 5.41) is 7.61. The van der Waals surface area contributed by atoms with Gasteiger partial charge in [-0.25, -0.2) is 9.97 Å². The highest BCUT2D eigenvalue weighted by Crippen LogP contribution is 2.55. The van der Waals surface area contributed by atoms with Crippen LogP contribution in [0.4, 0.5) is 0 Å². The molecule has 0 unspecified atom stereocenters. The molecular weight excluding hydrogens is 655 g/mol. The standard InChI is InChI=1S/C51H33N3/c1-51(2)41-29-44-40(28-39(41)35-25-24-30-14-9-10-19-33(30)47(35)51)34-20-11-12-23-42(34)54(44)43-27-26-38-45-36(43)21-13-22-37(45)46-48(31-15-5-3-6-16-31)52-50(53-49(38)46)32-17-7-4-8-18-32/h3-29H,1-2H3. The summed E-state index contributed by atoms with van der Waals surface area (Å²) in [6, 6.07) is 59.6. The number of benzene rings is 8. The summed E-state index contributed by atoms with van der Waals surface area (Å²) in [6.45, 7) is 4.79. The number of nitrogens with zero attached hydrogens (tertiary/aromatic N) is 3. The molecule has 0 saturated heterocycles. The summed E-state index contributed by atoms with van der Waals surface area (Å²) < 4.78 is 2.51. The summed E-state index contributed by atoms with van der Waals surface area (Å²) >= 11 is 0. The number of hydrogen-bond acceptors (Lipinski definition) is 2. The van der Waals surface area contributed by atoms with Gasteiger partial charge in [0.1, 0.15) is 0 Å². The van der Waals surface area contributed by atoms with E-state index in [2.05, 4.69) is 176 Å². The monoisotopic (exact) mass is 687 g/mol. The quantitative estimate of drug-likeness (QED) is 0.185. The van der Waals surface area contributed by atoms with Crippen molar-refractivity contribution in [1.82, 2.24) is 14.5 Å². The van der Waals surface area contributed by atoms with Crippen molar-refractivity contribution in [1.29, 1.82) is 0 Å². The Labute approximate surface area is 312 Å². The highest BCUT2D eigenvalue weighted by Gasteiger charge is 2.38. The molecule has 2 aliphatic rings. The topological polar surface area (TPSA) is 30.7 Å². The number of fused-ring (bicyclic) bond motifs is 11. The zero-order valence-corrected chi connectivity index (χ0v) is 29.9. The van der Waals surface area contributed by atoms with E-state index < -0.39 is 0 Å². The maximum atomic E-state index is 5.32. The molecule has 10 aromatic rings. The predicted molar refractivity (Wildman–Crippen MR) is 224 cm³/mol. The molecule has 252 valence electrons. The van der Waals surface area contributed by atoms with Crippen LogP contribution in [0.5, 0.6) is 0 Å². The first-order chi connectivity index (χ1) is 26.6. The molecule has 2 heterocycles. The van der Waals surface area contributed by atoms with E-state index >= 15 is 0 Å². The fourth-order valence-corrected chi connectivity index (χ4v) is 9.74. The van der Waals surface area contributed by atoms with Crippen molar-refractivity contribution in [2.45, 2.75) is 19.3 Å². The maximum Gasteiger partial charge on any atom is 0.160 e. The van der Waals surface area contributed by atoms with E-state index in [1.54, 1.807) is 0 Å². The molecule has 0 saturated carbocycles. The molecule has 0 aliphatic heterocycles. The highest BCUT2D eigenvalue weighted by molar-refractivity contribution is 6.20. The Hall–Kier alpha value is -6.84. The lowest BCUT2D eigenvalue weighted by Crippen LogP contribution is -2.15. The van der Waals surface area contributed by atoms with Crippen LogP contribution in [0.1, 0.15) is 25.0 Å². The molecule has 0 spiro atoms. The van der Waals surface area contributed by atoms with E-state index in [1.807, 2.05) is 6.07 Å².